The predicted octanol–water partition coefficient (Wildman–Crippen LogP) is 3.05. The zero-order chi connectivity index (χ0) is 19.0. The number of amides is 1. The highest BCUT2D eigenvalue weighted by atomic mass is 16.5. The second kappa shape index (κ2) is 10.2. The van der Waals surface area contributed by atoms with Gasteiger partial charge in [0.05, 0.1) is 19.2 Å². The highest BCUT2D eigenvalue weighted by Gasteiger charge is 2.25. The summed E-state index contributed by atoms with van der Waals surface area (Å²) in [6, 6.07) is 5.63. The van der Waals surface area contributed by atoms with Crippen LogP contribution in [0.2, 0.25) is 0 Å². The molecule has 1 aromatic rings. The van der Waals surface area contributed by atoms with E-state index in [0.29, 0.717) is 6.61 Å². The zero-order valence-corrected chi connectivity index (χ0v) is 16.3. The Kier molecular flexibility index (Phi) is 8.62. The fourth-order valence-corrected chi connectivity index (χ4v) is 2.60. The molecule has 140 valence electrons. The van der Waals surface area contributed by atoms with Crippen molar-refractivity contribution in [1.29, 1.82) is 0 Å². The Balaban J connectivity index is 2.61. The molecule has 0 unspecified atom stereocenters. The molecular weight excluding hydrogens is 316 g/mol. The Morgan fingerprint density at radius 1 is 1.12 bits per heavy atom. The summed E-state index contributed by atoms with van der Waals surface area (Å²) in [4.78, 5) is 24.3. The summed E-state index contributed by atoms with van der Waals surface area (Å²) in [5.74, 6) is -0.334. The van der Waals surface area contributed by atoms with Crippen molar-refractivity contribution in [3.8, 4) is 0 Å². The Morgan fingerprint density at radius 3 is 2.36 bits per heavy atom. The van der Waals surface area contributed by atoms with Crippen LogP contribution in [0.25, 0.3) is 0 Å². The fraction of sp³-hybridized carbons (Fsp3) is 0.600. The number of carbonyl (C=O) groups is 2. The first-order valence-corrected chi connectivity index (χ1v) is 9.06. The summed E-state index contributed by atoms with van der Waals surface area (Å²) < 4.78 is 5.10. The maximum absolute atomic E-state index is 12.2. The number of hydrogen-bond donors (Lipinski definition) is 2. The zero-order valence-electron chi connectivity index (χ0n) is 16.3. The molecule has 25 heavy (non-hydrogen) atoms. The summed E-state index contributed by atoms with van der Waals surface area (Å²) in [6.07, 6.45) is 0.831. The summed E-state index contributed by atoms with van der Waals surface area (Å²) >= 11 is 0. The SMILES string of the molecule is CCOC(=O)[C@H](NCC(=O)N[C@H](C)c1ccc(C)c(C)c1)[C@H](C)CC. The maximum atomic E-state index is 12.2. The number of carbonyl (C=O) groups excluding carboxylic acids is 2. The average Bonchev–Trinajstić information content (AvgIpc) is 2.57. The molecule has 0 saturated carbocycles. The summed E-state index contributed by atoms with van der Waals surface area (Å²) in [5.41, 5.74) is 3.51. The van der Waals surface area contributed by atoms with Gasteiger partial charge in [0.15, 0.2) is 0 Å². The Labute approximate surface area is 151 Å². The molecule has 0 aliphatic rings. The van der Waals surface area contributed by atoms with Crippen LogP contribution in [-0.4, -0.2) is 31.1 Å². The minimum absolute atomic E-state index is 0.0850. The third kappa shape index (κ3) is 6.50. The van der Waals surface area contributed by atoms with Gasteiger partial charge in [0, 0.05) is 0 Å². The minimum Gasteiger partial charge on any atom is -0.465 e. The van der Waals surface area contributed by atoms with E-state index in [4.69, 9.17) is 4.74 Å². The van der Waals surface area contributed by atoms with Crippen LogP contribution in [-0.2, 0) is 14.3 Å². The van der Waals surface area contributed by atoms with Crippen LogP contribution >= 0.6 is 0 Å². The highest BCUT2D eigenvalue weighted by Crippen LogP contribution is 2.16. The fourth-order valence-electron chi connectivity index (χ4n) is 2.60. The summed E-state index contributed by atoms with van der Waals surface area (Å²) in [7, 11) is 0. The smallest absolute Gasteiger partial charge is 0.323 e. The van der Waals surface area contributed by atoms with Crippen molar-refractivity contribution in [3.63, 3.8) is 0 Å². The normalized spacial score (nSPS) is 14.5. The first-order chi connectivity index (χ1) is 11.8. The second-order valence-electron chi connectivity index (χ2n) is 6.63. The first kappa shape index (κ1) is 21.2. The van der Waals surface area contributed by atoms with Crippen molar-refractivity contribution in [3.05, 3.63) is 34.9 Å². The van der Waals surface area contributed by atoms with Crippen molar-refractivity contribution in [1.82, 2.24) is 10.6 Å². The molecule has 3 atom stereocenters. The van der Waals surface area contributed by atoms with Crippen LogP contribution in [0.3, 0.4) is 0 Å². The predicted molar refractivity (Wildman–Crippen MR) is 100 cm³/mol. The quantitative estimate of drug-likeness (QED) is 0.673. The van der Waals surface area contributed by atoms with E-state index in [1.165, 1.54) is 11.1 Å². The molecule has 5 heteroatoms. The van der Waals surface area contributed by atoms with Gasteiger partial charge in [-0.15, -0.1) is 0 Å². The molecule has 1 rings (SSSR count). The standard InChI is InChI=1S/C20H32N2O3/c1-7-13(3)19(20(24)25-8-2)21-12-18(23)22-16(6)17-10-9-14(4)15(5)11-17/h9-11,13,16,19,21H,7-8,12H2,1-6H3,(H,22,23)/t13-,16-,19-/m1/s1. The topological polar surface area (TPSA) is 67.4 Å². The van der Waals surface area contributed by atoms with Gasteiger partial charge in [0.1, 0.15) is 6.04 Å². The second-order valence-corrected chi connectivity index (χ2v) is 6.63. The molecule has 0 bridgehead atoms. The molecule has 1 amide bonds. The van der Waals surface area contributed by atoms with Gasteiger partial charge in [-0.05, 0) is 50.3 Å². The van der Waals surface area contributed by atoms with Gasteiger partial charge in [-0.2, -0.15) is 0 Å². The molecule has 0 aromatic heterocycles. The lowest BCUT2D eigenvalue weighted by molar-refractivity contribution is -0.147. The number of nitrogens with one attached hydrogen (secondary N) is 2. The van der Waals surface area contributed by atoms with E-state index in [0.717, 1.165) is 12.0 Å². The molecule has 1 aromatic carbocycles. The Morgan fingerprint density at radius 2 is 1.80 bits per heavy atom. The van der Waals surface area contributed by atoms with Crippen LogP contribution < -0.4 is 10.6 Å². The maximum Gasteiger partial charge on any atom is 0.323 e. The lowest BCUT2D eigenvalue weighted by Crippen LogP contribution is -2.47. The third-order valence-corrected chi connectivity index (χ3v) is 4.64. The van der Waals surface area contributed by atoms with Gasteiger partial charge < -0.3 is 10.1 Å². The van der Waals surface area contributed by atoms with Crippen molar-refractivity contribution in [2.45, 2.75) is 60.0 Å². The van der Waals surface area contributed by atoms with Gasteiger partial charge >= 0.3 is 5.97 Å². The largest absolute Gasteiger partial charge is 0.465 e. The molecule has 0 spiro atoms. The number of aryl methyl sites for hydroxylation is 2. The Bertz CT molecular complexity index is 586. The minimum atomic E-state index is -0.465. The van der Waals surface area contributed by atoms with Gasteiger partial charge in [-0.1, -0.05) is 38.5 Å². The molecule has 0 radical (unpaired) electrons. The van der Waals surface area contributed by atoms with Crippen molar-refractivity contribution in [2.24, 2.45) is 5.92 Å². The summed E-state index contributed by atoms with van der Waals surface area (Å²) in [6.45, 7) is 12.3. The molecule has 5 nitrogen and oxygen atoms in total. The van der Waals surface area contributed by atoms with Crippen molar-refractivity contribution >= 4 is 11.9 Å². The summed E-state index contributed by atoms with van der Waals surface area (Å²) in [5, 5.41) is 6.02. The third-order valence-electron chi connectivity index (χ3n) is 4.64. The monoisotopic (exact) mass is 348 g/mol. The van der Waals surface area contributed by atoms with E-state index < -0.39 is 6.04 Å². The average molecular weight is 348 g/mol. The number of esters is 1. The van der Waals surface area contributed by atoms with E-state index in [1.807, 2.05) is 26.8 Å². The van der Waals surface area contributed by atoms with Crippen LogP contribution in [0.1, 0.15) is 56.8 Å². The van der Waals surface area contributed by atoms with E-state index >= 15 is 0 Å². The first-order valence-electron chi connectivity index (χ1n) is 9.06. The molecular formula is C20H32N2O3. The number of benzene rings is 1. The van der Waals surface area contributed by atoms with Gasteiger partial charge in [0.2, 0.25) is 5.91 Å². The molecule has 0 heterocycles. The van der Waals surface area contributed by atoms with Crippen LogP contribution in [0.4, 0.5) is 0 Å². The van der Waals surface area contributed by atoms with E-state index in [9.17, 15) is 9.59 Å². The lowest BCUT2D eigenvalue weighted by atomic mass is 9.99. The van der Waals surface area contributed by atoms with Crippen LogP contribution in [0, 0.1) is 19.8 Å². The van der Waals surface area contributed by atoms with E-state index in [1.54, 1.807) is 6.92 Å². The lowest BCUT2D eigenvalue weighted by Gasteiger charge is -2.23. The van der Waals surface area contributed by atoms with E-state index in [2.05, 4.69) is 36.6 Å². The molecule has 0 fully saturated rings. The van der Waals surface area contributed by atoms with Crippen molar-refractivity contribution in [2.75, 3.05) is 13.2 Å². The van der Waals surface area contributed by atoms with Crippen LogP contribution in [0.5, 0.6) is 0 Å². The van der Waals surface area contributed by atoms with Crippen LogP contribution in [0.15, 0.2) is 18.2 Å². The van der Waals surface area contributed by atoms with Gasteiger partial charge in [0.25, 0.3) is 0 Å². The highest BCUT2D eigenvalue weighted by molar-refractivity contribution is 5.81. The molecule has 0 aliphatic carbocycles. The molecule has 0 aliphatic heterocycles. The number of rotatable bonds is 9. The molecule has 0 saturated heterocycles. The van der Waals surface area contributed by atoms with E-state index in [-0.39, 0.29) is 30.4 Å². The Hall–Kier alpha value is -1.88. The van der Waals surface area contributed by atoms with Gasteiger partial charge in [-0.3, -0.25) is 14.9 Å². The number of hydrogen-bond acceptors (Lipinski definition) is 4. The van der Waals surface area contributed by atoms with Crippen molar-refractivity contribution < 1.29 is 14.3 Å². The van der Waals surface area contributed by atoms with Gasteiger partial charge in [-0.25, -0.2) is 0 Å². The molecule has 2 N–H and O–H groups in total. The number of ether oxygens (including phenoxy) is 1.